The molecule has 3 heteroatoms. The van der Waals surface area contributed by atoms with E-state index in [1.807, 2.05) is 0 Å². The first-order valence-electron chi connectivity index (χ1n) is 5.02. The van der Waals surface area contributed by atoms with Crippen LogP contribution >= 0.6 is 0 Å². The zero-order valence-corrected chi connectivity index (χ0v) is 9.12. The molecule has 0 radical (unpaired) electrons. The van der Waals surface area contributed by atoms with Gasteiger partial charge >= 0.3 is 0 Å². The maximum Gasteiger partial charge on any atom is 0.162 e. The fraction of sp³-hybridized carbons (Fsp3) is 0.417. The van der Waals surface area contributed by atoms with Crippen molar-refractivity contribution >= 4 is 0 Å². The quantitative estimate of drug-likeness (QED) is 0.694. The second-order valence-electron chi connectivity index (χ2n) is 3.18. The molecule has 0 amide bonds. The second kappa shape index (κ2) is 5.92. The molecule has 80 valence electrons. The lowest BCUT2D eigenvalue weighted by Gasteiger charge is -2.10. The lowest BCUT2D eigenvalue weighted by Crippen LogP contribution is -1.99. The van der Waals surface area contributed by atoms with Crippen LogP contribution < -0.4 is 9.47 Å². The van der Waals surface area contributed by atoms with E-state index >= 15 is 0 Å². The maximum absolute atomic E-state index is 8.75. The van der Waals surface area contributed by atoms with Gasteiger partial charge in [0.2, 0.25) is 0 Å². The molecule has 0 spiro atoms. The molecule has 0 aliphatic heterocycles. The molecule has 0 heterocycles. The Hall–Kier alpha value is -1.69. The fourth-order valence-electron chi connectivity index (χ4n) is 1.19. The summed E-state index contributed by atoms with van der Waals surface area (Å²) in [6.07, 6.45) is 2.08. The van der Waals surface area contributed by atoms with Gasteiger partial charge in [-0.15, -0.1) is 0 Å². The van der Waals surface area contributed by atoms with E-state index in [-0.39, 0.29) is 0 Å². The summed E-state index contributed by atoms with van der Waals surface area (Å²) < 4.78 is 10.7. The third-order valence-corrected chi connectivity index (χ3v) is 2.05. The van der Waals surface area contributed by atoms with Crippen molar-refractivity contribution in [1.29, 1.82) is 5.26 Å². The van der Waals surface area contributed by atoms with Gasteiger partial charge in [0.1, 0.15) is 0 Å². The highest BCUT2D eigenvalue weighted by atomic mass is 16.5. The van der Waals surface area contributed by atoms with E-state index in [2.05, 4.69) is 13.0 Å². The zero-order chi connectivity index (χ0) is 11.1. The van der Waals surface area contributed by atoms with Crippen LogP contribution in [0.5, 0.6) is 11.5 Å². The summed E-state index contributed by atoms with van der Waals surface area (Å²) in [5.74, 6) is 1.31. The van der Waals surface area contributed by atoms with Gasteiger partial charge < -0.3 is 9.47 Å². The van der Waals surface area contributed by atoms with Gasteiger partial charge in [0.05, 0.1) is 25.3 Å². The van der Waals surface area contributed by atoms with Gasteiger partial charge in [0, 0.05) is 6.07 Å². The van der Waals surface area contributed by atoms with Crippen molar-refractivity contribution in [2.24, 2.45) is 0 Å². The Bertz CT molecular complexity index is 355. The first kappa shape index (κ1) is 11.4. The van der Waals surface area contributed by atoms with Gasteiger partial charge in [-0.2, -0.15) is 5.26 Å². The Morgan fingerprint density at radius 3 is 2.73 bits per heavy atom. The van der Waals surface area contributed by atoms with Crippen LogP contribution in [0.1, 0.15) is 25.3 Å². The number of benzene rings is 1. The number of rotatable bonds is 5. The van der Waals surface area contributed by atoms with E-state index in [1.165, 1.54) is 0 Å². The van der Waals surface area contributed by atoms with E-state index in [4.69, 9.17) is 14.7 Å². The SMILES string of the molecule is CCCCOc1cc(C#N)ccc1OC. The molecule has 0 saturated heterocycles. The van der Waals surface area contributed by atoms with Crippen molar-refractivity contribution in [2.75, 3.05) is 13.7 Å². The highest BCUT2D eigenvalue weighted by molar-refractivity contribution is 5.46. The summed E-state index contributed by atoms with van der Waals surface area (Å²) in [5.41, 5.74) is 0.585. The number of methoxy groups -OCH3 is 1. The van der Waals surface area contributed by atoms with Gasteiger partial charge in [-0.3, -0.25) is 0 Å². The molecule has 0 N–H and O–H groups in total. The average molecular weight is 205 g/mol. The minimum absolute atomic E-state index is 0.585. The molecule has 0 unspecified atom stereocenters. The Morgan fingerprint density at radius 2 is 2.13 bits per heavy atom. The molecule has 0 atom stereocenters. The van der Waals surface area contributed by atoms with Crippen LogP contribution in [-0.2, 0) is 0 Å². The smallest absolute Gasteiger partial charge is 0.162 e. The Labute approximate surface area is 90.2 Å². The third kappa shape index (κ3) is 3.17. The van der Waals surface area contributed by atoms with E-state index in [0.717, 1.165) is 12.8 Å². The molecule has 0 aliphatic rings. The molecule has 0 aromatic heterocycles. The van der Waals surface area contributed by atoms with Crippen LogP contribution in [0.3, 0.4) is 0 Å². The lowest BCUT2D eigenvalue weighted by molar-refractivity contribution is 0.288. The molecule has 0 bridgehead atoms. The summed E-state index contributed by atoms with van der Waals surface area (Å²) >= 11 is 0. The van der Waals surface area contributed by atoms with Crippen LogP contribution in [0, 0.1) is 11.3 Å². The standard InChI is InChI=1S/C12H15NO2/c1-3-4-7-15-12-8-10(9-13)5-6-11(12)14-2/h5-6,8H,3-4,7H2,1-2H3. The van der Waals surface area contributed by atoms with Crippen LogP contribution in [0.4, 0.5) is 0 Å². The van der Waals surface area contributed by atoms with Gasteiger partial charge in [0.15, 0.2) is 11.5 Å². The van der Waals surface area contributed by atoms with Gasteiger partial charge in [-0.25, -0.2) is 0 Å². The Balaban J connectivity index is 2.78. The zero-order valence-electron chi connectivity index (χ0n) is 9.12. The normalized spacial score (nSPS) is 9.40. The average Bonchev–Trinajstić information content (AvgIpc) is 2.29. The first-order chi connectivity index (χ1) is 7.31. The van der Waals surface area contributed by atoms with E-state index in [0.29, 0.717) is 23.7 Å². The number of hydrogen-bond acceptors (Lipinski definition) is 3. The van der Waals surface area contributed by atoms with E-state index in [1.54, 1.807) is 25.3 Å². The minimum Gasteiger partial charge on any atom is -0.493 e. The van der Waals surface area contributed by atoms with Crippen LogP contribution in [0.15, 0.2) is 18.2 Å². The van der Waals surface area contributed by atoms with E-state index < -0.39 is 0 Å². The monoisotopic (exact) mass is 205 g/mol. The van der Waals surface area contributed by atoms with Gasteiger partial charge in [-0.1, -0.05) is 13.3 Å². The van der Waals surface area contributed by atoms with Crippen LogP contribution in [0.2, 0.25) is 0 Å². The van der Waals surface area contributed by atoms with Crippen molar-refractivity contribution < 1.29 is 9.47 Å². The highest BCUT2D eigenvalue weighted by Gasteiger charge is 2.04. The van der Waals surface area contributed by atoms with Crippen molar-refractivity contribution in [3.8, 4) is 17.6 Å². The fourth-order valence-corrected chi connectivity index (χ4v) is 1.19. The summed E-state index contributed by atoms with van der Waals surface area (Å²) in [5, 5.41) is 8.75. The second-order valence-corrected chi connectivity index (χ2v) is 3.18. The molecule has 0 saturated carbocycles. The lowest BCUT2D eigenvalue weighted by atomic mass is 10.2. The summed E-state index contributed by atoms with van der Waals surface area (Å²) in [6, 6.07) is 7.24. The third-order valence-electron chi connectivity index (χ3n) is 2.05. The first-order valence-corrected chi connectivity index (χ1v) is 5.02. The number of unbranched alkanes of at least 4 members (excludes halogenated alkanes) is 1. The molecule has 1 aromatic carbocycles. The number of nitriles is 1. The maximum atomic E-state index is 8.75. The molecule has 0 fully saturated rings. The predicted molar refractivity (Wildman–Crippen MR) is 58.1 cm³/mol. The summed E-state index contributed by atoms with van der Waals surface area (Å²) in [6.45, 7) is 2.76. The molecular weight excluding hydrogens is 190 g/mol. The number of ether oxygens (including phenoxy) is 2. The van der Waals surface area contributed by atoms with Crippen molar-refractivity contribution in [3.63, 3.8) is 0 Å². The molecule has 15 heavy (non-hydrogen) atoms. The molecule has 1 rings (SSSR count). The largest absolute Gasteiger partial charge is 0.493 e. The molecule has 1 aromatic rings. The van der Waals surface area contributed by atoms with Crippen molar-refractivity contribution in [3.05, 3.63) is 23.8 Å². The van der Waals surface area contributed by atoms with Crippen LogP contribution in [0.25, 0.3) is 0 Å². The topological polar surface area (TPSA) is 42.2 Å². The van der Waals surface area contributed by atoms with Gasteiger partial charge in [0.25, 0.3) is 0 Å². The molecule has 3 nitrogen and oxygen atoms in total. The van der Waals surface area contributed by atoms with Crippen molar-refractivity contribution in [1.82, 2.24) is 0 Å². The Kier molecular flexibility index (Phi) is 4.49. The van der Waals surface area contributed by atoms with Crippen molar-refractivity contribution in [2.45, 2.75) is 19.8 Å². The Morgan fingerprint density at radius 1 is 1.33 bits per heavy atom. The minimum atomic E-state index is 0.585. The van der Waals surface area contributed by atoms with Gasteiger partial charge in [-0.05, 0) is 18.6 Å². The number of hydrogen-bond donors (Lipinski definition) is 0. The summed E-state index contributed by atoms with van der Waals surface area (Å²) in [4.78, 5) is 0. The number of nitrogens with zero attached hydrogens (tertiary/aromatic N) is 1. The molecular formula is C12H15NO2. The van der Waals surface area contributed by atoms with E-state index in [9.17, 15) is 0 Å². The predicted octanol–water partition coefficient (Wildman–Crippen LogP) is 2.75. The highest BCUT2D eigenvalue weighted by Crippen LogP contribution is 2.27. The summed E-state index contributed by atoms with van der Waals surface area (Å²) in [7, 11) is 1.59. The van der Waals surface area contributed by atoms with Crippen LogP contribution in [-0.4, -0.2) is 13.7 Å². The molecule has 0 aliphatic carbocycles.